The van der Waals surface area contributed by atoms with Crippen LogP contribution in [0.3, 0.4) is 0 Å². The molecule has 0 fully saturated rings. The number of aryl methyl sites for hydroxylation is 2. The smallest absolute Gasteiger partial charge is 0.118 e. The van der Waals surface area contributed by atoms with Crippen molar-refractivity contribution in [3.63, 3.8) is 0 Å². The zero-order valence-electron chi connectivity index (χ0n) is 8.60. The molecule has 78 valence electrons. The van der Waals surface area contributed by atoms with Crippen molar-refractivity contribution in [1.29, 1.82) is 0 Å². The normalized spacial score (nSPS) is 10.2. The van der Waals surface area contributed by atoms with Crippen LogP contribution >= 0.6 is 0 Å². The molecule has 1 N–H and O–H groups in total. The molecule has 0 aliphatic rings. The van der Waals surface area contributed by atoms with Crippen LogP contribution < -0.4 is 4.74 Å². The van der Waals surface area contributed by atoms with Crippen LogP contribution in [0.2, 0.25) is 0 Å². The number of hydrogen-bond donors (Lipinski definition) is 1. The third-order valence-corrected chi connectivity index (χ3v) is 2.29. The van der Waals surface area contributed by atoms with Gasteiger partial charge in [-0.05, 0) is 30.5 Å². The van der Waals surface area contributed by atoms with Gasteiger partial charge in [-0.2, -0.15) is 15.4 Å². The zero-order valence-corrected chi connectivity index (χ0v) is 8.60. The average molecular weight is 203 g/mol. The monoisotopic (exact) mass is 203 g/mol. The van der Waals surface area contributed by atoms with Gasteiger partial charge in [0.1, 0.15) is 5.75 Å². The molecule has 0 spiro atoms. The Morgan fingerprint density at radius 3 is 2.60 bits per heavy atom. The maximum atomic E-state index is 5.09. The van der Waals surface area contributed by atoms with Crippen LogP contribution in [0.15, 0.2) is 30.5 Å². The SMILES string of the molecule is COc1ccc(CCc2cn[nH]n2)cc1. The molecular formula is C11H13N3O. The molecule has 0 aliphatic heterocycles. The van der Waals surface area contributed by atoms with E-state index >= 15 is 0 Å². The molecule has 0 bridgehead atoms. The quantitative estimate of drug-likeness (QED) is 0.821. The van der Waals surface area contributed by atoms with Crippen molar-refractivity contribution in [2.45, 2.75) is 12.8 Å². The standard InChI is InChI=1S/C11H13N3O/c1-15-11-6-3-9(4-7-11)2-5-10-8-12-14-13-10/h3-4,6-8H,2,5H2,1H3,(H,12,13,14). The highest BCUT2D eigenvalue weighted by atomic mass is 16.5. The lowest BCUT2D eigenvalue weighted by Crippen LogP contribution is -1.92. The number of nitrogens with zero attached hydrogens (tertiary/aromatic N) is 2. The van der Waals surface area contributed by atoms with E-state index in [0.29, 0.717) is 0 Å². The summed E-state index contributed by atoms with van der Waals surface area (Å²) in [6.07, 6.45) is 3.63. The molecule has 4 nitrogen and oxygen atoms in total. The van der Waals surface area contributed by atoms with Crippen molar-refractivity contribution in [2.75, 3.05) is 7.11 Å². The lowest BCUT2D eigenvalue weighted by molar-refractivity contribution is 0.414. The summed E-state index contributed by atoms with van der Waals surface area (Å²) in [5.41, 5.74) is 2.27. The van der Waals surface area contributed by atoms with E-state index < -0.39 is 0 Å². The topological polar surface area (TPSA) is 50.8 Å². The number of aromatic nitrogens is 3. The van der Waals surface area contributed by atoms with Gasteiger partial charge in [-0.15, -0.1) is 0 Å². The molecule has 0 radical (unpaired) electrons. The molecule has 1 heterocycles. The van der Waals surface area contributed by atoms with E-state index in [2.05, 4.69) is 27.5 Å². The largest absolute Gasteiger partial charge is 0.497 e. The van der Waals surface area contributed by atoms with E-state index in [1.807, 2.05) is 12.1 Å². The van der Waals surface area contributed by atoms with E-state index in [1.54, 1.807) is 13.3 Å². The first-order valence-corrected chi connectivity index (χ1v) is 4.86. The molecule has 0 saturated carbocycles. The lowest BCUT2D eigenvalue weighted by atomic mass is 10.1. The van der Waals surface area contributed by atoms with Crippen molar-refractivity contribution < 1.29 is 4.74 Å². The van der Waals surface area contributed by atoms with Crippen LogP contribution in [0.25, 0.3) is 0 Å². The van der Waals surface area contributed by atoms with Crippen molar-refractivity contribution in [2.24, 2.45) is 0 Å². The van der Waals surface area contributed by atoms with E-state index in [9.17, 15) is 0 Å². The molecule has 0 aliphatic carbocycles. The lowest BCUT2D eigenvalue weighted by Gasteiger charge is -2.01. The van der Waals surface area contributed by atoms with Crippen LogP contribution in [0.1, 0.15) is 11.3 Å². The highest BCUT2D eigenvalue weighted by molar-refractivity contribution is 5.27. The Bertz CT molecular complexity index is 394. The Labute approximate surface area is 88.3 Å². The van der Waals surface area contributed by atoms with Gasteiger partial charge in [0.05, 0.1) is 19.0 Å². The minimum Gasteiger partial charge on any atom is -0.497 e. The third-order valence-electron chi connectivity index (χ3n) is 2.29. The van der Waals surface area contributed by atoms with Gasteiger partial charge < -0.3 is 4.74 Å². The van der Waals surface area contributed by atoms with Gasteiger partial charge in [-0.1, -0.05) is 12.1 Å². The molecule has 2 rings (SSSR count). The molecule has 1 aromatic heterocycles. The first kappa shape index (κ1) is 9.71. The fraction of sp³-hybridized carbons (Fsp3) is 0.273. The Morgan fingerprint density at radius 1 is 1.20 bits per heavy atom. The van der Waals surface area contributed by atoms with Crippen LogP contribution in [0, 0.1) is 0 Å². The summed E-state index contributed by atoms with van der Waals surface area (Å²) in [6.45, 7) is 0. The van der Waals surface area contributed by atoms with Crippen LogP contribution in [0.5, 0.6) is 5.75 Å². The van der Waals surface area contributed by atoms with Crippen molar-refractivity contribution in [1.82, 2.24) is 15.4 Å². The summed E-state index contributed by atoms with van der Waals surface area (Å²) in [5.74, 6) is 0.889. The number of rotatable bonds is 4. The fourth-order valence-corrected chi connectivity index (χ4v) is 1.41. The predicted molar refractivity (Wildman–Crippen MR) is 56.8 cm³/mol. The van der Waals surface area contributed by atoms with Crippen LogP contribution in [0.4, 0.5) is 0 Å². The van der Waals surface area contributed by atoms with Crippen molar-refractivity contribution in [3.05, 3.63) is 41.7 Å². The molecule has 4 heteroatoms. The average Bonchev–Trinajstić information content (AvgIpc) is 2.80. The number of methoxy groups -OCH3 is 1. The van der Waals surface area contributed by atoms with Gasteiger partial charge in [0.25, 0.3) is 0 Å². The van der Waals surface area contributed by atoms with Gasteiger partial charge in [-0.3, -0.25) is 0 Å². The highest BCUT2D eigenvalue weighted by Crippen LogP contribution is 2.12. The molecule has 0 saturated heterocycles. The van der Waals surface area contributed by atoms with Gasteiger partial charge in [0, 0.05) is 0 Å². The summed E-state index contributed by atoms with van der Waals surface area (Å²) in [5, 5.41) is 10.4. The van der Waals surface area contributed by atoms with Gasteiger partial charge >= 0.3 is 0 Å². The molecule has 1 aromatic carbocycles. The predicted octanol–water partition coefficient (Wildman–Crippen LogP) is 1.60. The number of hydrogen-bond acceptors (Lipinski definition) is 3. The first-order chi connectivity index (χ1) is 7.38. The number of nitrogens with one attached hydrogen (secondary N) is 1. The van der Waals surface area contributed by atoms with Crippen molar-refractivity contribution >= 4 is 0 Å². The Hall–Kier alpha value is -1.84. The first-order valence-electron chi connectivity index (χ1n) is 4.86. The maximum Gasteiger partial charge on any atom is 0.118 e. The highest BCUT2D eigenvalue weighted by Gasteiger charge is 1.98. The van der Waals surface area contributed by atoms with Gasteiger partial charge in [-0.25, -0.2) is 0 Å². The Kier molecular flexibility index (Phi) is 2.97. The molecule has 0 unspecified atom stereocenters. The van der Waals surface area contributed by atoms with Gasteiger partial charge in [0.2, 0.25) is 0 Å². The van der Waals surface area contributed by atoms with E-state index in [0.717, 1.165) is 24.3 Å². The van der Waals surface area contributed by atoms with Crippen LogP contribution in [-0.2, 0) is 12.8 Å². The van der Waals surface area contributed by atoms with Crippen molar-refractivity contribution in [3.8, 4) is 5.75 Å². The molecule has 15 heavy (non-hydrogen) atoms. The number of benzene rings is 1. The summed E-state index contributed by atoms with van der Waals surface area (Å²) in [4.78, 5) is 0. The van der Waals surface area contributed by atoms with E-state index in [1.165, 1.54) is 5.56 Å². The van der Waals surface area contributed by atoms with E-state index in [-0.39, 0.29) is 0 Å². The second kappa shape index (κ2) is 4.59. The zero-order chi connectivity index (χ0) is 10.5. The summed E-state index contributed by atoms with van der Waals surface area (Å²) >= 11 is 0. The second-order valence-corrected chi connectivity index (χ2v) is 3.31. The van der Waals surface area contributed by atoms with E-state index in [4.69, 9.17) is 4.74 Å². The van der Waals surface area contributed by atoms with Gasteiger partial charge in [0.15, 0.2) is 0 Å². The summed E-state index contributed by atoms with van der Waals surface area (Å²) in [7, 11) is 1.67. The summed E-state index contributed by atoms with van der Waals surface area (Å²) < 4.78 is 5.09. The van der Waals surface area contributed by atoms with Crippen LogP contribution in [-0.4, -0.2) is 22.5 Å². The molecule has 0 atom stereocenters. The molecule has 2 aromatic rings. The number of H-pyrrole nitrogens is 1. The molecule has 0 amide bonds. The summed E-state index contributed by atoms with van der Waals surface area (Å²) in [6, 6.07) is 8.08. The Balaban J connectivity index is 1.93. The minimum atomic E-state index is 0.889. The maximum absolute atomic E-state index is 5.09. The number of ether oxygens (including phenoxy) is 1. The number of aromatic amines is 1. The fourth-order valence-electron chi connectivity index (χ4n) is 1.41. The third kappa shape index (κ3) is 2.56. The second-order valence-electron chi connectivity index (χ2n) is 3.31. The minimum absolute atomic E-state index is 0.889. The Morgan fingerprint density at radius 2 is 2.00 bits per heavy atom. The molecular weight excluding hydrogens is 190 g/mol.